The molecule has 1 aromatic heterocycles. The maximum absolute atomic E-state index is 11.9. The van der Waals surface area contributed by atoms with E-state index in [0.29, 0.717) is 31.1 Å². The van der Waals surface area contributed by atoms with Crippen molar-refractivity contribution in [2.45, 2.75) is 0 Å². The molecule has 0 saturated heterocycles. The molecule has 0 aliphatic rings. The van der Waals surface area contributed by atoms with Crippen molar-refractivity contribution in [1.29, 1.82) is 0 Å². The van der Waals surface area contributed by atoms with E-state index in [-0.39, 0.29) is 5.91 Å². The first kappa shape index (κ1) is 15.4. The maximum atomic E-state index is 11.9. The Labute approximate surface area is 114 Å². The van der Waals surface area contributed by atoms with E-state index >= 15 is 0 Å². The predicted octanol–water partition coefficient (Wildman–Crippen LogP) is 0.431. The zero-order valence-corrected chi connectivity index (χ0v) is 11.8. The predicted molar refractivity (Wildman–Crippen MR) is 75.5 cm³/mol. The van der Waals surface area contributed by atoms with Gasteiger partial charge < -0.3 is 20.3 Å². The number of nitrogens with zero attached hydrogens (tertiary/aromatic N) is 2. The molecule has 1 aromatic rings. The number of pyridine rings is 1. The van der Waals surface area contributed by atoms with Gasteiger partial charge in [-0.25, -0.2) is 4.98 Å². The van der Waals surface area contributed by atoms with Crippen LogP contribution in [0.2, 0.25) is 0 Å². The van der Waals surface area contributed by atoms with E-state index in [4.69, 9.17) is 4.74 Å². The topological polar surface area (TPSA) is 66.5 Å². The highest BCUT2D eigenvalue weighted by Crippen LogP contribution is 2.09. The van der Waals surface area contributed by atoms with Crippen LogP contribution in [-0.4, -0.2) is 63.2 Å². The van der Waals surface area contributed by atoms with Gasteiger partial charge in [0.15, 0.2) is 0 Å². The first-order valence-corrected chi connectivity index (χ1v) is 6.28. The summed E-state index contributed by atoms with van der Waals surface area (Å²) in [5.41, 5.74) is 0.540. The van der Waals surface area contributed by atoms with Crippen LogP contribution in [0.1, 0.15) is 10.4 Å². The summed E-state index contributed by atoms with van der Waals surface area (Å²) in [7, 11) is 5.73. The molecule has 0 aliphatic carbocycles. The molecule has 0 spiro atoms. The molecule has 0 aromatic carbocycles. The number of hydrogen-bond donors (Lipinski definition) is 2. The molecule has 2 N–H and O–H groups in total. The van der Waals surface area contributed by atoms with E-state index in [1.165, 1.54) is 0 Å². The van der Waals surface area contributed by atoms with Crippen LogP contribution in [0.3, 0.4) is 0 Å². The highest BCUT2D eigenvalue weighted by Gasteiger charge is 2.09. The van der Waals surface area contributed by atoms with E-state index in [2.05, 4.69) is 15.6 Å². The van der Waals surface area contributed by atoms with Gasteiger partial charge in [-0.1, -0.05) is 0 Å². The molecule has 0 saturated carbocycles. The van der Waals surface area contributed by atoms with Crippen LogP contribution in [0.4, 0.5) is 5.82 Å². The van der Waals surface area contributed by atoms with E-state index in [1.54, 1.807) is 25.4 Å². The van der Waals surface area contributed by atoms with Crippen molar-refractivity contribution in [2.75, 3.05) is 52.8 Å². The smallest absolute Gasteiger partial charge is 0.255 e. The molecule has 106 valence electrons. The molecule has 0 unspecified atom stereocenters. The maximum Gasteiger partial charge on any atom is 0.255 e. The summed E-state index contributed by atoms with van der Waals surface area (Å²) in [5.74, 6) is 0.433. The fourth-order valence-electron chi connectivity index (χ4n) is 1.47. The Morgan fingerprint density at radius 1 is 1.42 bits per heavy atom. The Bertz CT molecular complexity index is 396. The van der Waals surface area contributed by atoms with E-state index in [0.717, 1.165) is 6.54 Å². The summed E-state index contributed by atoms with van der Waals surface area (Å²) in [4.78, 5) is 18.0. The fourth-order valence-corrected chi connectivity index (χ4v) is 1.47. The lowest BCUT2D eigenvalue weighted by Gasteiger charge is -2.11. The second-order valence-electron chi connectivity index (χ2n) is 4.32. The lowest BCUT2D eigenvalue weighted by Crippen LogP contribution is -2.29. The van der Waals surface area contributed by atoms with Crippen LogP contribution < -0.4 is 10.6 Å². The first-order valence-electron chi connectivity index (χ1n) is 6.28. The number of rotatable bonds is 8. The molecule has 6 nitrogen and oxygen atoms in total. The van der Waals surface area contributed by atoms with Crippen molar-refractivity contribution < 1.29 is 9.53 Å². The minimum absolute atomic E-state index is 0.145. The zero-order chi connectivity index (χ0) is 14.1. The second kappa shape index (κ2) is 8.44. The third-order valence-electron chi connectivity index (χ3n) is 2.50. The number of amides is 1. The molecule has 0 radical (unpaired) electrons. The van der Waals surface area contributed by atoms with Crippen LogP contribution in [0, 0.1) is 0 Å². The average Bonchev–Trinajstić information content (AvgIpc) is 2.42. The third-order valence-corrected chi connectivity index (χ3v) is 2.50. The molecular formula is C13H22N4O2. The standard InChI is InChI=1S/C13H22N4O2/c1-14-12-11(5-4-6-15-12)13(18)16-7-9-19-10-8-17(2)3/h4-6H,7-10H2,1-3H3,(H,14,15)(H,16,18). The summed E-state index contributed by atoms with van der Waals surface area (Å²) in [6.07, 6.45) is 1.65. The highest BCUT2D eigenvalue weighted by atomic mass is 16.5. The van der Waals surface area contributed by atoms with Crippen molar-refractivity contribution in [3.63, 3.8) is 0 Å². The molecular weight excluding hydrogens is 244 g/mol. The van der Waals surface area contributed by atoms with Gasteiger partial charge in [0.2, 0.25) is 0 Å². The van der Waals surface area contributed by atoms with Crippen LogP contribution in [-0.2, 0) is 4.74 Å². The molecule has 0 fully saturated rings. The first-order chi connectivity index (χ1) is 9.15. The minimum atomic E-state index is -0.145. The molecule has 1 amide bonds. The number of aromatic nitrogens is 1. The number of carbonyl (C=O) groups excluding carboxylic acids is 1. The number of carbonyl (C=O) groups is 1. The van der Waals surface area contributed by atoms with Gasteiger partial charge in [-0.05, 0) is 26.2 Å². The summed E-state index contributed by atoms with van der Waals surface area (Å²) >= 11 is 0. The quantitative estimate of drug-likeness (QED) is 0.668. The van der Waals surface area contributed by atoms with E-state index in [9.17, 15) is 4.79 Å². The van der Waals surface area contributed by atoms with Crippen molar-refractivity contribution in [3.8, 4) is 0 Å². The molecule has 6 heteroatoms. The number of hydrogen-bond acceptors (Lipinski definition) is 5. The Balaban J connectivity index is 2.28. The Morgan fingerprint density at radius 2 is 2.21 bits per heavy atom. The normalized spacial score (nSPS) is 10.5. The zero-order valence-electron chi connectivity index (χ0n) is 11.8. The molecule has 19 heavy (non-hydrogen) atoms. The van der Waals surface area contributed by atoms with Gasteiger partial charge in [-0.3, -0.25) is 4.79 Å². The van der Waals surface area contributed by atoms with Crippen LogP contribution in [0.25, 0.3) is 0 Å². The number of likely N-dealkylation sites (N-methyl/N-ethyl adjacent to an activating group) is 1. The van der Waals surface area contributed by atoms with Crippen molar-refractivity contribution in [2.24, 2.45) is 0 Å². The van der Waals surface area contributed by atoms with Gasteiger partial charge in [0.1, 0.15) is 5.82 Å². The molecule has 0 aliphatic heterocycles. The summed E-state index contributed by atoms with van der Waals surface area (Å²) < 4.78 is 5.40. The summed E-state index contributed by atoms with van der Waals surface area (Å²) in [6, 6.07) is 3.48. The number of anilines is 1. The largest absolute Gasteiger partial charge is 0.378 e. The Morgan fingerprint density at radius 3 is 2.89 bits per heavy atom. The SMILES string of the molecule is CNc1ncccc1C(=O)NCCOCCN(C)C. The highest BCUT2D eigenvalue weighted by molar-refractivity contribution is 5.98. The lowest BCUT2D eigenvalue weighted by molar-refractivity contribution is 0.0900. The average molecular weight is 266 g/mol. The molecule has 1 rings (SSSR count). The van der Waals surface area contributed by atoms with Crippen LogP contribution >= 0.6 is 0 Å². The van der Waals surface area contributed by atoms with Gasteiger partial charge in [-0.2, -0.15) is 0 Å². The van der Waals surface area contributed by atoms with Gasteiger partial charge in [0, 0.05) is 26.3 Å². The van der Waals surface area contributed by atoms with Gasteiger partial charge in [0.25, 0.3) is 5.91 Å². The number of nitrogens with one attached hydrogen (secondary N) is 2. The Hall–Kier alpha value is -1.66. The fraction of sp³-hybridized carbons (Fsp3) is 0.538. The van der Waals surface area contributed by atoms with Crippen molar-refractivity contribution in [1.82, 2.24) is 15.2 Å². The van der Waals surface area contributed by atoms with Crippen LogP contribution in [0.15, 0.2) is 18.3 Å². The molecule has 0 atom stereocenters. The van der Waals surface area contributed by atoms with Crippen LogP contribution in [0.5, 0.6) is 0 Å². The van der Waals surface area contributed by atoms with Gasteiger partial charge in [0.05, 0.1) is 18.8 Å². The van der Waals surface area contributed by atoms with Gasteiger partial charge >= 0.3 is 0 Å². The third kappa shape index (κ3) is 5.67. The van der Waals surface area contributed by atoms with E-state index in [1.807, 2.05) is 19.0 Å². The number of ether oxygens (including phenoxy) is 1. The van der Waals surface area contributed by atoms with E-state index < -0.39 is 0 Å². The minimum Gasteiger partial charge on any atom is -0.378 e. The summed E-state index contributed by atoms with van der Waals surface area (Å²) in [5, 5.41) is 5.70. The molecule has 0 bridgehead atoms. The lowest BCUT2D eigenvalue weighted by atomic mass is 10.2. The van der Waals surface area contributed by atoms with Crippen molar-refractivity contribution in [3.05, 3.63) is 23.9 Å². The monoisotopic (exact) mass is 266 g/mol. The van der Waals surface area contributed by atoms with Crippen molar-refractivity contribution >= 4 is 11.7 Å². The second-order valence-corrected chi connectivity index (χ2v) is 4.32. The summed E-state index contributed by atoms with van der Waals surface area (Å²) in [6.45, 7) is 2.54. The van der Waals surface area contributed by atoms with Gasteiger partial charge in [-0.15, -0.1) is 0 Å². The molecule has 1 heterocycles. The Kier molecular flexibility index (Phi) is 6.84.